The van der Waals surface area contributed by atoms with E-state index in [-0.39, 0.29) is 21.5 Å². The van der Waals surface area contributed by atoms with Crippen LogP contribution in [-0.4, -0.2) is 26.8 Å². The molecule has 23 heavy (non-hydrogen) atoms. The molecule has 0 aliphatic heterocycles. The molecule has 1 aromatic heterocycles. The number of hydrogen-bond donors (Lipinski definition) is 1. The Bertz CT molecular complexity index is 912. The van der Waals surface area contributed by atoms with Crippen molar-refractivity contribution in [3.63, 3.8) is 0 Å². The fourth-order valence-electron chi connectivity index (χ4n) is 2.43. The Morgan fingerprint density at radius 2 is 1.57 bits per heavy atom. The summed E-state index contributed by atoms with van der Waals surface area (Å²) in [6.45, 7) is 6.47. The Hall–Kier alpha value is -1.64. The van der Waals surface area contributed by atoms with Crippen LogP contribution < -0.4 is 4.72 Å². The second kappa shape index (κ2) is 6.10. The van der Waals surface area contributed by atoms with Crippen LogP contribution in [0.15, 0.2) is 46.2 Å². The molecule has 0 saturated carbocycles. The van der Waals surface area contributed by atoms with Gasteiger partial charge in [-0.2, -0.15) is 0 Å². The van der Waals surface area contributed by atoms with Crippen molar-refractivity contribution in [2.75, 3.05) is 0 Å². The topological polar surface area (TPSA) is 85.2 Å². The average molecular weight is 356 g/mol. The van der Waals surface area contributed by atoms with Crippen LogP contribution in [0.5, 0.6) is 0 Å². The first-order valence-corrected chi connectivity index (χ1v) is 10.0. The highest BCUT2D eigenvalue weighted by Crippen LogP contribution is 2.25. The van der Waals surface area contributed by atoms with Crippen molar-refractivity contribution < 1.29 is 16.8 Å². The first-order valence-electron chi connectivity index (χ1n) is 7.09. The fourth-order valence-corrected chi connectivity index (χ4v) is 5.64. The van der Waals surface area contributed by atoms with Crippen LogP contribution in [0, 0.1) is 13.8 Å². The van der Waals surface area contributed by atoms with Crippen molar-refractivity contribution >= 4 is 20.0 Å². The van der Waals surface area contributed by atoms with Gasteiger partial charge in [0.2, 0.25) is 10.0 Å². The highest BCUT2D eigenvalue weighted by Gasteiger charge is 2.28. The number of rotatable bonds is 5. The van der Waals surface area contributed by atoms with Crippen molar-refractivity contribution in [2.45, 2.75) is 43.5 Å². The molecule has 8 heteroatoms. The lowest BCUT2D eigenvalue weighted by molar-refractivity contribution is 0.569. The molecule has 0 saturated heterocycles. The number of nitrogens with zero attached hydrogens (tertiary/aromatic N) is 1. The number of aromatic nitrogens is 1. The van der Waals surface area contributed by atoms with Gasteiger partial charge in [0.05, 0.1) is 10.6 Å². The third-order valence-electron chi connectivity index (χ3n) is 3.28. The Kier molecular flexibility index (Phi) is 4.70. The Morgan fingerprint density at radius 3 is 2.09 bits per heavy atom. The van der Waals surface area contributed by atoms with E-state index < -0.39 is 20.0 Å². The van der Waals surface area contributed by atoms with Crippen LogP contribution in [0.25, 0.3) is 0 Å². The maximum Gasteiger partial charge on any atom is 0.268 e. The zero-order valence-electron chi connectivity index (χ0n) is 13.4. The van der Waals surface area contributed by atoms with Gasteiger partial charge in [-0.15, -0.1) is 0 Å². The van der Waals surface area contributed by atoms with Crippen molar-refractivity contribution in [3.05, 3.63) is 47.8 Å². The van der Waals surface area contributed by atoms with Gasteiger partial charge in [-0.3, -0.25) is 0 Å². The van der Waals surface area contributed by atoms with Gasteiger partial charge < -0.3 is 0 Å². The maximum atomic E-state index is 12.8. The lowest BCUT2D eigenvalue weighted by atomic mass is 10.4. The highest BCUT2D eigenvalue weighted by atomic mass is 32.2. The molecule has 0 fully saturated rings. The van der Waals surface area contributed by atoms with Crippen LogP contribution in [0.2, 0.25) is 0 Å². The summed E-state index contributed by atoms with van der Waals surface area (Å²) in [4.78, 5) is 0.0887. The Morgan fingerprint density at radius 1 is 1.00 bits per heavy atom. The van der Waals surface area contributed by atoms with Gasteiger partial charge in [-0.1, -0.05) is 18.2 Å². The lowest BCUT2D eigenvalue weighted by Crippen LogP contribution is -2.30. The fraction of sp³-hybridized carbons (Fsp3) is 0.333. The third-order valence-corrected chi connectivity index (χ3v) is 6.97. The smallest absolute Gasteiger partial charge is 0.242 e. The van der Waals surface area contributed by atoms with Gasteiger partial charge in [-0.25, -0.2) is 25.5 Å². The minimum absolute atomic E-state index is 0.0248. The molecule has 0 radical (unpaired) electrons. The van der Waals surface area contributed by atoms with Crippen LogP contribution in [0.3, 0.4) is 0 Å². The van der Waals surface area contributed by atoms with Crippen LogP contribution >= 0.6 is 0 Å². The van der Waals surface area contributed by atoms with Crippen LogP contribution in [0.4, 0.5) is 0 Å². The predicted octanol–water partition coefficient (Wildman–Crippen LogP) is 2.03. The summed E-state index contributed by atoms with van der Waals surface area (Å²) in [5.74, 6) is 0. The number of sulfonamides is 1. The molecule has 2 aromatic rings. The Labute approximate surface area is 137 Å². The summed E-state index contributed by atoms with van der Waals surface area (Å²) >= 11 is 0. The zero-order chi connectivity index (χ0) is 17.4. The molecule has 1 heterocycles. The maximum absolute atomic E-state index is 12.8. The summed E-state index contributed by atoms with van der Waals surface area (Å²) in [5.41, 5.74) is 0.509. The Balaban J connectivity index is 2.64. The monoisotopic (exact) mass is 356 g/mol. The molecule has 1 N–H and O–H groups in total. The molecule has 0 bridgehead atoms. The SMILES string of the molecule is Cc1cc(S(=O)(=O)NC(C)C)c(C)n1S(=O)(=O)c1ccccc1. The molecule has 0 spiro atoms. The molecule has 0 aliphatic carbocycles. The molecule has 0 amide bonds. The first kappa shape index (κ1) is 17.7. The van der Waals surface area contributed by atoms with Gasteiger partial charge in [0.1, 0.15) is 4.90 Å². The van der Waals surface area contributed by atoms with Crippen molar-refractivity contribution in [1.82, 2.24) is 8.69 Å². The van der Waals surface area contributed by atoms with E-state index in [9.17, 15) is 16.8 Å². The molecule has 126 valence electrons. The largest absolute Gasteiger partial charge is 0.268 e. The molecular weight excluding hydrogens is 336 g/mol. The van der Waals surface area contributed by atoms with E-state index in [1.807, 2.05) is 0 Å². The molecule has 1 aromatic carbocycles. The zero-order valence-corrected chi connectivity index (χ0v) is 15.1. The number of hydrogen-bond acceptors (Lipinski definition) is 4. The van der Waals surface area contributed by atoms with Crippen LogP contribution in [0.1, 0.15) is 25.2 Å². The predicted molar refractivity (Wildman–Crippen MR) is 88.4 cm³/mol. The lowest BCUT2D eigenvalue weighted by Gasteiger charge is -2.12. The molecule has 2 rings (SSSR count). The van der Waals surface area contributed by atoms with Crippen molar-refractivity contribution in [1.29, 1.82) is 0 Å². The second-order valence-corrected chi connectivity index (χ2v) is 9.06. The molecular formula is C15H20N2O4S2. The molecule has 6 nitrogen and oxygen atoms in total. The summed E-state index contributed by atoms with van der Waals surface area (Å²) in [6.07, 6.45) is 0. The highest BCUT2D eigenvalue weighted by molar-refractivity contribution is 7.90. The van der Waals surface area contributed by atoms with Gasteiger partial charge in [0, 0.05) is 11.7 Å². The summed E-state index contributed by atoms with van der Waals surface area (Å²) in [6, 6.07) is 9.02. The molecule has 0 aliphatic rings. The van der Waals surface area contributed by atoms with Gasteiger partial charge in [-0.05, 0) is 45.9 Å². The minimum atomic E-state index is -3.84. The number of benzene rings is 1. The van der Waals surface area contributed by atoms with E-state index in [1.54, 1.807) is 39.0 Å². The van der Waals surface area contributed by atoms with E-state index in [2.05, 4.69) is 4.72 Å². The average Bonchev–Trinajstić information content (AvgIpc) is 2.75. The van der Waals surface area contributed by atoms with Crippen molar-refractivity contribution in [2.24, 2.45) is 0 Å². The van der Waals surface area contributed by atoms with E-state index >= 15 is 0 Å². The van der Waals surface area contributed by atoms with E-state index in [1.165, 1.54) is 25.1 Å². The summed E-state index contributed by atoms with van der Waals surface area (Å²) in [5, 5.41) is 0. The number of nitrogens with one attached hydrogen (secondary N) is 1. The standard InChI is InChI=1S/C15H20N2O4S2/c1-11(2)16-22(18,19)15-10-12(3)17(13(15)4)23(20,21)14-8-6-5-7-9-14/h5-11,16H,1-4H3. The minimum Gasteiger partial charge on any atom is -0.242 e. The van der Waals surface area contributed by atoms with Crippen LogP contribution in [-0.2, 0) is 20.0 Å². The van der Waals surface area contributed by atoms with Gasteiger partial charge in [0.25, 0.3) is 10.0 Å². The van der Waals surface area contributed by atoms with Gasteiger partial charge in [0.15, 0.2) is 0 Å². The number of aryl methyl sites for hydroxylation is 1. The summed E-state index contributed by atoms with van der Waals surface area (Å²) in [7, 11) is -7.61. The first-order chi connectivity index (χ1) is 10.6. The quantitative estimate of drug-likeness (QED) is 0.888. The molecule has 0 unspecified atom stereocenters. The van der Waals surface area contributed by atoms with E-state index in [0.29, 0.717) is 5.69 Å². The van der Waals surface area contributed by atoms with Crippen molar-refractivity contribution in [3.8, 4) is 0 Å². The third kappa shape index (κ3) is 3.34. The van der Waals surface area contributed by atoms with Gasteiger partial charge >= 0.3 is 0 Å². The van der Waals surface area contributed by atoms with E-state index in [0.717, 1.165) is 3.97 Å². The second-order valence-electron chi connectivity index (χ2n) is 5.59. The normalized spacial score (nSPS) is 12.7. The van der Waals surface area contributed by atoms with E-state index in [4.69, 9.17) is 0 Å². The summed E-state index contributed by atoms with van der Waals surface area (Å²) < 4.78 is 53.9. The molecule has 0 atom stereocenters.